The Morgan fingerprint density at radius 2 is 1.77 bits per heavy atom. The van der Waals surface area contributed by atoms with Crippen molar-refractivity contribution in [2.75, 3.05) is 13.2 Å². The molecule has 0 bridgehead atoms. The molecule has 0 heterocycles. The number of ketones is 1. The number of hydrogen-bond donors (Lipinski definition) is 0. The Morgan fingerprint density at radius 1 is 1.23 bits per heavy atom. The van der Waals surface area contributed by atoms with Gasteiger partial charge in [-0.25, -0.2) is 0 Å². The van der Waals surface area contributed by atoms with Crippen molar-refractivity contribution in [2.45, 2.75) is 32.9 Å². The fraction of sp³-hybridized carbons (Fsp3) is 0.438. The van der Waals surface area contributed by atoms with Gasteiger partial charge in [0.15, 0.2) is 5.78 Å². The zero-order valence-electron chi connectivity index (χ0n) is 13.1. The monoisotopic (exact) mass is 344 g/mol. The summed E-state index contributed by atoms with van der Waals surface area (Å²) in [6.07, 6.45) is 3.91. The van der Waals surface area contributed by atoms with E-state index in [1.54, 1.807) is 44.2 Å². The molecule has 4 nitrogen and oxygen atoms in total. The van der Waals surface area contributed by atoms with Crippen LogP contribution in [0.5, 0.6) is 0 Å². The molecule has 0 aromatic heterocycles. The molecule has 0 aliphatic carbocycles. The summed E-state index contributed by atoms with van der Waals surface area (Å²) in [7, 11) is -3.53. The van der Waals surface area contributed by atoms with Crippen molar-refractivity contribution in [3.8, 4) is 0 Å². The Labute approximate surface area is 137 Å². The normalized spacial score (nSPS) is 13.5. The van der Waals surface area contributed by atoms with Crippen molar-refractivity contribution in [1.82, 2.24) is 0 Å². The molecule has 0 saturated carbocycles. The average Bonchev–Trinajstić information content (AvgIpc) is 2.48. The van der Waals surface area contributed by atoms with Crippen molar-refractivity contribution in [3.05, 3.63) is 47.0 Å². The maximum atomic E-state index is 13.0. The number of carbonyl (C=O) groups is 1. The summed E-state index contributed by atoms with van der Waals surface area (Å²) < 4.78 is 23.7. The lowest BCUT2D eigenvalue weighted by Crippen LogP contribution is -2.23. The maximum Gasteiger partial charge on any atom is 0.341 e. The smallest absolute Gasteiger partial charge is 0.308 e. The molecule has 0 N–H and O–H groups in total. The summed E-state index contributed by atoms with van der Waals surface area (Å²) in [5.41, 5.74) is -0.414. The number of Topliss-reactive ketones (excluding diaryl/α,β-unsaturated/α-hetero) is 1. The van der Waals surface area contributed by atoms with Crippen LogP contribution >= 0.6 is 19.2 Å². The van der Waals surface area contributed by atoms with Gasteiger partial charge in [-0.15, -0.1) is 0 Å². The van der Waals surface area contributed by atoms with E-state index in [0.29, 0.717) is 17.0 Å². The number of halogens is 1. The maximum absolute atomic E-state index is 13.0. The minimum absolute atomic E-state index is 0.220. The van der Waals surface area contributed by atoms with Gasteiger partial charge in [0.2, 0.25) is 0 Å². The highest BCUT2D eigenvalue weighted by atomic mass is 35.5. The summed E-state index contributed by atoms with van der Waals surface area (Å²) in [5, 5.41) is 0.541. The second-order valence-electron chi connectivity index (χ2n) is 4.57. The van der Waals surface area contributed by atoms with Gasteiger partial charge in [0.1, 0.15) is 5.66 Å². The van der Waals surface area contributed by atoms with Crippen molar-refractivity contribution in [2.24, 2.45) is 0 Å². The third kappa shape index (κ3) is 5.06. The third-order valence-corrected chi connectivity index (χ3v) is 5.72. The van der Waals surface area contributed by atoms with E-state index >= 15 is 0 Å². The van der Waals surface area contributed by atoms with Crippen molar-refractivity contribution in [1.29, 1.82) is 0 Å². The summed E-state index contributed by atoms with van der Waals surface area (Å²) in [6, 6.07) is 6.51. The largest absolute Gasteiger partial charge is 0.341 e. The van der Waals surface area contributed by atoms with E-state index < -0.39 is 13.3 Å². The predicted octanol–water partition coefficient (Wildman–Crippen LogP) is 5.12. The average molecular weight is 345 g/mol. The molecule has 1 aromatic carbocycles. The van der Waals surface area contributed by atoms with Crippen molar-refractivity contribution < 1.29 is 18.4 Å². The highest BCUT2D eigenvalue weighted by molar-refractivity contribution is 7.55. The van der Waals surface area contributed by atoms with Gasteiger partial charge in [0.25, 0.3) is 0 Å². The molecule has 6 heteroatoms. The Hall–Kier alpha value is -0.930. The number of hydrogen-bond acceptors (Lipinski definition) is 4. The number of benzene rings is 1. The fourth-order valence-corrected chi connectivity index (χ4v) is 4.12. The van der Waals surface area contributed by atoms with Gasteiger partial charge in [-0.05, 0) is 51.5 Å². The van der Waals surface area contributed by atoms with Crippen LogP contribution in [0.2, 0.25) is 5.02 Å². The standard InChI is InChI=1S/C16H22ClO4P/c1-4-7-8-15(22(19,20-5-2)21-6-3)16(18)13-9-11-14(17)12-10-13/h4,7,9-12,15H,5-6,8H2,1-3H3/b7-4+. The van der Waals surface area contributed by atoms with Crippen molar-refractivity contribution >= 4 is 25.0 Å². The first-order valence-electron chi connectivity index (χ1n) is 7.28. The van der Waals surface area contributed by atoms with Gasteiger partial charge in [0.05, 0.1) is 13.2 Å². The van der Waals surface area contributed by atoms with Crippen LogP contribution in [0.3, 0.4) is 0 Å². The zero-order chi connectivity index (χ0) is 16.6. The SMILES string of the molecule is C/C=C/CC(C(=O)c1ccc(Cl)cc1)P(=O)(OCC)OCC. The molecular weight excluding hydrogens is 323 g/mol. The number of rotatable bonds is 9. The van der Waals surface area contributed by atoms with Crippen LogP contribution in [0, 0.1) is 0 Å². The Kier molecular flexibility index (Phi) is 8.05. The summed E-state index contributed by atoms with van der Waals surface area (Å²) in [6.45, 7) is 5.74. The van der Waals surface area contributed by atoms with E-state index in [4.69, 9.17) is 20.6 Å². The Bertz CT molecular complexity index is 544. The molecular formula is C16H22ClO4P. The summed E-state index contributed by atoms with van der Waals surface area (Å²) in [5.74, 6) is -0.264. The van der Waals surface area contributed by atoms with Crippen LogP contribution in [-0.4, -0.2) is 24.7 Å². The van der Waals surface area contributed by atoms with Crippen LogP contribution in [0.25, 0.3) is 0 Å². The van der Waals surface area contributed by atoms with E-state index in [1.165, 1.54) is 0 Å². The van der Waals surface area contributed by atoms with Crippen LogP contribution in [0.4, 0.5) is 0 Å². The topological polar surface area (TPSA) is 52.6 Å². The third-order valence-electron chi connectivity index (χ3n) is 3.03. The molecule has 1 rings (SSSR count). The van der Waals surface area contributed by atoms with Gasteiger partial charge in [-0.1, -0.05) is 23.8 Å². The van der Waals surface area contributed by atoms with E-state index in [1.807, 2.05) is 13.0 Å². The first-order valence-corrected chi connectivity index (χ1v) is 9.27. The summed E-state index contributed by atoms with van der Waals surface area (Å²) >= 11 is 5.84. The van der Waals surface area contributed by atoms with Crippen LogP contribution < -0.4 is 0 Å². The number of allylic oxidation sites excluding steroid dienone is 2. The van der Waals surface area contributed by atoms with E-state index in [-0.39, 0.29) is 19.0 Å². The molecule has 22 heavy (non-hydrogen) atoms. The van der Waals surface area contributed by atoms with Crippen LogP contribution in [0.15, 0.2) is 36.4 Å². The molecule has 0 amide bonds. The zero-order valence-corrected chi connectivity index (χ0v) is 14.8. The van der Waals surface area contributed by atoms with E-state index in [9.17, 15) is 9.36 Å². The fourth-order valence-electron chi connectivity index (χ4n) is 2.03. The first kappa shape index (κ1) is 19.1. The van der Waals surface area contributed by atoms with Gasteiger partial charge >= 0.3 is 7.60 Å². The lowest BCUT2D eigenvalue weighted by molar-refractivity contribution is 0.0968. The molecule has 0 aliphatic heterocycles. The summed E-state index contributed by atoms with van der Waals surface area (Å²) in [4.78, 5) is 12.7. The predicted molar refractivity (Wildman–Crippen MR) is 89.9 cm³/mol. The highest BCUT2D eigenvalue weighted by Crippen LogP contribution is 2.55. The molecule has 122 valence electrons. The quantitative estimate of drug-likeness (QED) is 0.354. The molecule has 1 aromatic rings. The molecule has 0 radical (unpaired) electrons. The highest BCUT2D eigenvalue weighted by Gasteiger charge is 2.40. The molecule has 0 saturated heterocycles. The minimum atomic E-state index is -3.53. The van der Waals surface area contributed by atoms with E-state index in [2.05, 4.69) is 0 Å². The van der Waals surface area contributed by atoms with Gasteiger partial charge in [0, 0.05) is 10.6 Å². The van der Waals surface area contributed by atoms with E-state index in [0.717, 1.165) is 0 Å². The second kappa shape index (κ2) is 9.26. The van der Waals surface area contributed by atoms with Crippen LogP contribution in [0.1, 0.15) is 37.6 Å². The molecule has 0 aliphatic rings. The lowest BCUT2D eigenvalue weighted by atomic mass is 10.1. The number of carbonyl (C=O) groups excluding carboxylic acids is 1. The first-order chi connectivity index (χ1) is 10.5. The Morgan fingerprint density at radius 3 is 2.23 bits per heavy atom. The molecule has 1 unspecified atom stereocenters. The van der Waals surface area contributed by atoms with Gasteiger partial charge in [-0.3, -0.25) is 9.36 Å². The molecule has 0 spiro atoms. The molecule has 0 fully saturated rings. The lowest BCUT2D eigenvalue weighted by Gasteiger charge is -2.24. The minimum Gasteiger partial charge on any atom is -0.308 e. The van der Waals surface area contributed by atoms with Gasteiger partial charge in [-0.2, -0.15) is 0 Å². The molecule has 1 atom stereocenters. The van der Waals surface area contributed by atoms with Crippen molar-refractivity contribution in [3.63, 3.8) is 0 Å². The second-order valence-corrected chi connectivity index (χ2v) is 7.22. The Balaban J connectivity index is 3.17. The van der Waals surface area contributed by atoms with Crippen LogP contribution in [-0.2, 0) is 13.6 Å². The van der Waals surface area contributed by atoms with Gasteiger partial charge < -0.3 is 9.05 Å².